The van der Waals surface area contributed by atoms with Crippen molar-refractivity contribution in [3.63, 3.8) is 0 Å². The van der Waals surface area contributed by atoms with Gasteiger partial charge in [0.25, 0.3) is 5.91 Å². The molecule has 2 saturated carbocycles. The van der Waals surface area contributed by atoms with E-state index in [1.165, 1.54) is 6.20 Å². The first-order valence-electron chi connectivity index (χ1n) is 9.49. The minimum Gasteiger partial charge on any atom is -0.385 e. The highest BCUT2D eigenvalue weighted by molar-refractivity contribution is 6.30. The summed E-state index contributed by atoms with van der Waals surface area (Å²) in [6, 6.07) is 8.50. The fraction of sp³-hybridized carbons (Fsp3) is 0.333. The van der Waals surface area contributed by atoms with Gasteiger partial charge in [-0.05, 0) is 60.6 Å². The van der Waals surface area contributed by atoms with E-state index < -0.39 is 17.3 Å². The Morgan fingerprint density at radius 1 is 1.23 bits per heavy atom. The SMILES string of the molecule is O=C(N[C@H]1[C@@H]2C[C@](O)(c3cc(C(F)(F)F)cc4[nH]ncc34)C[C@@H]21)c1cccc(Cl)c1. The number of aromatic nitrogens is 2. The summed E-state index contributed by atoms with van der Waals surface area (Å²) in [5.41, 5.74) is -1.31. The summed E-state index contributed by atoms with van der Waals surface area (Å²) >= 11 is 5.92. The molecule has 3 N–H and O–H groups in total. The predicted octanol–water partition coefficient (Wildman–Crippen LogP) is 4.26. The van der Waals surface area contributed by atoms with Crippen molar-refractivity contribution >= 4 is 28.4 Å². The molecule has 0 bridgehead atoms. The number of carbonyl (C=O) groups excluding carboxylic acids is 1. The Morgan fingerprint density at radius 3 is 2.63 bits per heavy atom. The molecule has 2 aliphatic carbocycles. The average molecular weight is 436 g/mol. The number of carbonyl (C=O) groups is 1. The van der Waals surface area contributed by atoms with Gasteiger partial charge in [-0.25, -0.2) is 0 Å². The van der Waals surface area contributed by atoms with E-state index in [0.717, 1.165) is 12.1 Å². The van der Waals surface area contributed by atoms with Gasteiger partial charge in [0.2, 0.25) is 0 Å². The Kier molecular flexibility index (Phi) is 4.17. The zero-order valence-corrected chi connectivity index (χ0v) is 16.3. The van der Waals surface area contributed by atoms with E-state index in [-0.39, 0.29) is 47.7 Å². The van der Waals surface area contributed by atoms with Crippen LogP contribution in [0, 0.1) is 11.8 Å². The van der Waals surface area contributed by atoms with E-state index in [1.54, 1.807) is 24.3 Å². The number of alkyl halides is 3. The summed E-state index contributed by atoms with van der Waals surface area (Å²) < 4.78 is 40.0. The van der Waals surface area contributed by atoms with Gasteiger partial charge in [-0.15, -0.1) is 0 Å². The molecule has 4 atom stereocenters. The number of H-pyrrole nitrogens is 1. The lowest BCUT2D eigenvalue weighted by Gasteiger charge is -2.28. The van der Waals surface area contributed by atoms with Crippen LogP contribution in [0.3, 0.4) is 0 Å². The van der Waals surface area contributed by atoms with Crippen LogP contribution in [0.2, 0.25) is 5.02 Å². The third-order valence-corrected chi connectivity index (χ3v) is 6.49. The molecule has 2 aromatic carbocycles. The molecule has 0 radical (unpaired) electrons. The zero-order chi connectivity index (χ0) is 21.3. The fourth-order valence-electron chi connectivity index (χ4n) is 4.76. The first-order chi connectivity index (χ1) is 14.2. The van der Waals surface area contributed by atoms with Gasteiger partial charge in [0.15, 0.2) is 0 Å². The van der Waals surface area contributed by atoms with E-state index in [1.807, 2.05) is 0 Å². The van der Waals surface area contributed by atoms with Crippen molar-refractivity contribution in [1.29, 1.82) is 0 Å². The number of fused-ring (bicyclic) bond motifs is 2. The van der Waals surface area contributed by atoms with E-state index in [0.29, 0.717) is 16.0 Å². The quantitative estimate of drug-likeness (QED) is 0.575. The molecule has 3 aromatic rings. The van der Waals surface area contributed by atoms with Crippen LogP contribution in [0.5, 0.6) is 0 Å². The molecule has 2 aliphatic rings. The monoisotopic (exact) mass is 435 g/mol. The number of amides is 1. The molecule has 0 saturated heterocycles. The van der Waals surface area contributed by atoms with E-state index >= 15 is 0 Å². The van der Waals surface area contributed by atoms with Crippen LogP contribution in [-0.4, -0.2) is 27.3 Å². The molecule has 0 spiro atoms. The number of hydrogen-bond donors (Lipinski definition) is 3. The number of aliphatic hydroxyl groups is 1. The standard InChI is InChI=1S/C21H17ClF3N3O2/c22-12-3-1-2-10(4-12)19(29)27-18-13-7-20(30,8-14(13)18)16-5-11(21(23,24)25)6-17-15(16)9-26-28-17/h1-6,9,13-14,18,30H,7-8H2,(H,26,28)(H,27,29)/t13-,14+,18+,20-. The Morgan fingerprint density at radius 2 is 1.97 bits per heavy atom. The molecule has 1 heterocycles. The molecule has 30 heavy (non-hydrogen) atoms. The van der Waals surface area contributed by atoms with Crippen LogP contribution in [0.1, 0.15) is 34.3 Å². The average Bonchev–Trinajstić information content (AvgIpc) is 3.04. The Hall–Kier alpha value is -2.58. The second-order valence-electron chi connectivity index (χ2n) is 8.13. The number of nitrogens with zero attached hydrogens (tertiary/aromatic N) is 1. The minimum absolute atomic E-state index is 0.00891. The van der Waals surface area contributed by atoms with Crippen molar-refractivity contribution in [1.82, 2.24) is 15.5 Å². The Balaban J connectivity index is 1.36. The summed E-state index contributed by atoms with van der Waals surface area (Å²) in [6.07, 6.45) is -2.54. The Bertz CT molecular complexity index is 1150. The van der Waals surface area contributed by atoms with Crippen molar-refractivity contribution in [2.45, 2.75) is 30.7 Å². The third kappa shape index (κ3) is 3.15. The first kappa shape index (κ1) is 19.4. The van der Waals surface area contributed by atoms with Gasteiger partial charge >= 0.3 is 6.18 Å². The normalized spacial score (nSPS) is 27.8. The van der Waals surface area contributed by atoms with Crippen LogP contribution in [0.15, 0.2) is 42.6 Å². The molecule has 9 heteroatoms. The summed E-state index contributed by atoms with van der Waals surface area (Å²) in [7, 11) is 0. The third-order valence-electron chi connectivity index (χ3n) is 6.25. The summed E-state index contributed by atoms with van der Waals surface area (Å²) in [5.74, 6) is -0.235. The smallest absolute Gasteiger partial charge is 0.385 e. The summed E-state index contributed by atoms with van der Waals surface area (Å²) in [4.78, 5) is 12.4. The van der Waals surface area contributed by atoms with Crippen molar-refractivity contribution in [2.75, 3.05) is 0 Å². The van der Waals surface area contributed by atoms with Gasteiger partial charge in [-0.2, -0.15) is 18.3 Å². The molecule has 2 fully saturated rings. The van der Waals surface area contributed by atoms with E-state index in [4.69, 9.17) is 11.6 Å². The molecule has 156 valence electrons. The van der Waals surface area contributed by atoms with Crippen LogP contribution >= 0.6 is 11.6 Å². The van der Waals surface area contributed by atoms with Gasteiger partial charge in [-0.1, -0.05) is 17.7 Å². The molecule has 5 nitrogen and oxygen atoms in total. The van der Waals surface area contributed by atoms with Crippen LogP contribution in [-0.2, 0) is 11.8 Å². The second-order valence-corrected chi connectivity index (χ2v) is 8.57. The van der Waals surface area contributed by atoms with Gasteiger partial charge in [-0.3, -0.25) is 9.89 Å². The van der Waals surface area contributed by atoms with Crippen molar-refractivity contribution < 1.29 is 23.1 Å². The largest absolute Gasteiger partial charge is 0.416 e. The van der Waals surface area contributed by atoms with Crippen molar-refractivity contribution in [3.05, 3.63) is 64.3 Å². The van der Waals surface area contributed by atoms with Crippen molar-refractivity contribution in [3.8, 4) is 0 Å². The minimum atomic E-state index is -4.53. The summed E-state index contributed by atoms with van der Waals surface area (Å²) in [6.45, 7) is 0. The van der Waals surface area contributed by atoms with Gasteiger partial charge in [0.1, 0.15) is 0 Å². The maximum Gasteiger partial charge on any atom is 0.416 e. The molecule has 0 unspecified atom stereocenters. The van der Waals surface area contributed by atoms with Crippen LogP contribution in [0.4, 0.5) is 13.2 Å². The van der Waals surface area contributed by atoms with Gasteiger partial charge < -0.3 is 10.4 Å². The molecule has 1 aromatic heterocycles. The topological polar surface area (TPSA) is 78.0 Å². The predicted molar refractivity (Wildman–Crippen MR) is 104 cm³/mol. The number of rotatable bonds is 3. The Labute approximate surface area is 174 Å². The molecule has 1 amide bonds. The molecular weight excluding hydrogens is 419 g/mol. The van der Waals surface area contributed by atoms with Gasteiger partial charge in [0, 0.05) is 22.0 Å². The van der Waals surface area contributed by atoms with Crippen LogP contribution < -0.4 is 5.32 Å². The molecule has 0 aliphatic heterocycles. The van der Waals surface area contributed by atoms with Crippen LogP contribution in [0.25, 0.3) is 10.9 Å². The van der Waals surface area contributed by atoms with Crippen molar-refractivity contribution in [2.24, 2.45) is 11.8 Å². The lowest BCUT2D eigenvalue weighted by molar-refractivity contribution is -0.137. The highest BCUT2D eigenvalue weighted by atomic mass is 35.5. The summed E-state index contributed by atoms with van der Waals surface area (Å²) in [5, 5.41) is 21.5. The molecular formula is C21H17ClF3N3O2. The fourth-order valence-corrected chi connectivity index (χ4v) is 4.95. The maximum absolute atomic E-state index is 13.3. The molecule has 5 rings (SSSR count). The number of halogens is 4. The lowest BCUT2D eigenvalue weighted by atomic mass is 9.85. The number of nitrogens with one attached hydrogen (secondary N) is 2. The van der Waals surface area contributed by atoms with Gasteiger partial charge in [0.05, 0.1) is 22.9 Å². The second kappa shape index (κ2) is 6.46. The highest BCUT2D eigenvalue weighted by Gasteiger charge is 2.62. The first-order valence-corrected chi connectivity index (χ1v) is 9.87. The van der Waals surface area contributed by atoms with E-state index in [9.17, 15) is 23.1 Å². The number of hydrogen-bond acceptors (Lipinski definition) is 3. The lowest BCUT2D eigenvalue weighted by Crippen LogP contribution is -2.33. The maximum atomic E-state index is 13.3. The number of aromatic amines is 1. The highest BCUT2D eigenvalue weighted by Crippen LogP contribution is 2.60. The number of benzene rings is 2. The zero-order valence-electron chi connectivity index (χ0n) is 15.5. The van der Waals surface area contributed by atoms with E-state index in [2.05, 4.69) is 15.5 Å².